The number of aldehydes is 1. The maximum absolute atomic E-state index is 10.4. The van der Waals surface area contributed by atoms with Gasteiger partial charge in [-0.2, -0.15) is 0 Å². The molecule has 0 radical (unpaired) electrons. The molecule has 0 N–H and O–H groups in total. The number of rotatable bonds is 9. The van der Waals surface area contributed by atoms with Gasteiger partial charge in [0.2, 0.25) is 0 Å². The summed E-state index contributed by atoms with van der Waals surface area (Å²) < 4.78 is 15.4. The van der Waals surface area contributed by atoms with Gasteiger partial charge in [0.1, 0.15) is 6.61 Å². The molecule has 94 valence electrons. The molecule has 0 aromatic carbocycles. The number of carbonyl (C=O) groups is 1. The lowest BCUT2D eigenvalue weighted by Crippen LogP contribution is -2.10. The van der Waals surface area contributed by atoms with Crippen LogP contribution in [0.2, 0.25) is 0 Å². The first-order valence-electron chi connectivity index (χ1n) is 5.33. The largest absolute Gasteiger partial charge is 0.461 e. The highest BCUT2D eigenvalue weighted by atomic mass is 16.5. The monoisotopic (exact) mass is 240 g/mol. The maximum Gasteiger partial charge on any atom is 0.316 e. The van der Waals surface area contributed by atoms with Crippen LogP contribution in [0.3, 0.4) is 0 Å². The van der Waals surface area contributed by atoms with Gasteiger partial charge in [-0.1, -0.05) is 0 Å². The van der Waals surface area contributed by atoms with Crippen LogP contribution in [0.1, 0.15) is 16.8 Å². The average Bonchev–Trinajstić information content (AvgIpc) is 2.38. The zero-order chi connectivity index (χ0) is 12.3. The van der Waals surface area contributed by atoms with E-state index in [1.807, 2.05) is 0 Å². The Kier molecular flexibility index (Phi) is 6.85. The molecular formula is C11H16N2O4. The Balaban J connectivity index is 2.07. The second-order valence-corrected chi connectivity index (χ2v) is 3.22. The summed E-state index contributed by atoms with van der Waals surface area (Å²) in [6.07, 6.45) is 4.37. The molecule has 0 aliphatic rings. The molecule has 0 saturated heterocycles. The van der Waals surface area contributed by atoms with Crippen LogP contribution >= 0.6 is 0 Å². The number of methoxy groups -OCH3 is 1. The first-order valence-corrected chi connectivity index (χ1v) is 5.33. The van der Waals surface area contributed by atoms with Crippen LogP contribution in [0.15, 0.2) is 12.4 Å². The molecule has 0 atom stereocenters. The van der Waals surface area contributed by atoms with Gasteiger partial charge in [0, 0.05) is 32.7 Å². The molecule has 0 spiro atoms. The highest BCUT2D eigenvalue weighted by Gasteiger charge is 1.97. The predicted molar refractivity (Wildman–Crippen MR) is 60.2 cm³/mol. The van der Waals surface area contributed by atoms with E-state index in [0.29, 0.717) is 38.3 Å². The zero-order valence-corrected chi connectivity index (χ0v) is 9.80. The number of hydrogen-bond donors (Lipinski definition) is 0. The van der Waals surface area contributed by atoms with E-state index >= 15 is 0 Å². The van der Waals surface area contributed by atoms with Crippen molar-refractivity contribution in [2.45, 2.75) is 6.42 Å². The third-order valence-electron chi connectivity index (χ3n) is 1.88. The standard InChI is InChI=1S/C11H16N2O4/c1-15-3-2-4-16-5-6-17-11-12-7-10(9-14)8-13-11/h7-9H,2-6H2,1H3. The molecule has 17 heavy (non-hydrogen) atoms. The van der Waals surface area contributed by atoms with Crippen molar-refractivity contribution in [1.82, 2.24) is 9.97 Å². The van der Waals surface area contributed by atoms with Crippen LogP contribution < -0.4 is 4.74 Å². The maximum atomic E-state index is 10.4. The van der Waals surface area contributed by atoms with Crippen molar-refractivity contribution in [3.05, 3.63) is 18.0 Å². The minimum absolute atomic E-state index is 0.246. The van der Waals surface area contributed by atoms with Crippen molar-refractivity contribution in [3.8, 4) is 6.01 Å². The van der Waals surface area contributed by atoms with Crippen molar-refractivity contribution in [2.24, 2.45) is 0 Å². The van der Waals surface area contributed by atoms with E-state index in [1.165, 1.54) is 12.4 Å². The Hall–Kier alpha value is -1.53. The first-order chi connectivity index (χ1) is 8.36. The molecule has 6 heteroatoms. The lowest BCUT2D eigenvalue weighted by molar-refractivity contribution is 0.0783. The molecule has 1 aromatic rings. The lowest BCUT2D eigenvalue weighted by Gasteiger charge is -2.05. The minimum Gasteiger partial charge on any atom is -0.461 e. The quantitative estimate of drug-likeness (QED) is 0.468. The fourth-order valence-electron chi connectivity index (χ4n) is 1.06. The van der Waals surface area contributed by atoms with Crippen LogP contribution in [0, 0.1) is 0 Å². The Morgan fingerprint density at radius 2 is 1.94 bits per heavy atom. The fraction of sp³-hybridized carbons (Fsp3) is 0.545. The van der Waals surface area contributed by atoms with Crippen molar-refractivity contribution < 1.29 is 19.0 Å². The topological polar surface area (TPSA) is 70.5 Å². The first kappa shape index (κ1) is 13.5. The van der Waals surface area contributed by atoms with Crippen molar-refractivity contribution >= 4 is 6.29 Å². The SMILES string of the molecule is COCCCOCCOc1ncc(C=O)cn1. The summed E-state index contributed by atoms with van der Waals surface area (Å²) in [5.74, 6) is 0. The summed E-state index contributed by atoms with van der Waals surface area (Å²) in [5.41, 5.74) is 0.424. The van der Waals surface area contributed by atoms with Crippen LogP contribution in [-0.2, 0) is 9.47 Å². The van der Waals surface area contributed by atoms with E-state index in [4.69, 9.17) is 14.2 Å². The van der Waals surface area contributed by atoms with Crippen LogP contribution in [-0.4, -0.2) is 49.8 Å². The molecular weight excluding hydrogens is 224 g/mol. The van der Waals surface area contributed by atoms with Crippen molar-refractivity contribution in [1.29, 1.82) is 0 Å². The van der Waals surface area contributed by atoms with E-state index in [9.17, 15) is 4.79 Å². The van der Waals surface area contributed by atoms with E-state index in [1.54, 1.807) is 7.11 Å². The number of aromatic nitrogens is 2. The summed E-state index contributed by atoms with van der Waals surface area (Å²) in [6, 6.07) is 0.246. The third kappa shape index (κ3) is 5.94. The molecule has 6 nitrogen and oxygen atoms in total. The van der Waals surface area contributed by atoms with Gasteiger partial charge in [-0.3, -0.25) is 4.79 Å². The average molecular weight is 240 g/mol. The number of carbonyl (C=O) groups excluding carboxylic acids is 1. The highest BCUT2D eigenvalue weighted by molar-refractivity contribution is 5.73. The second-order valence-electron chi connectivity index (χ2n) is 3.22. The summed E-state index contributed by atoms with van der Waals surface area (Å²) in [5, 5.41) is 0. The molecule has 0 aliphatic heterocycles. The van der Waals surface area contributed by atoms with Crippen LogP contribution in [0.5, 0.6) is 6.01 Å². The van der Waals surface area contributed by atoms with Gasteiger partial charge in [0.25, 0.3) is 0 Å². The van der Waals surface area contributed by atoms with Gasteiger partial charge in [-0.15, -0.1) is 0 Å². The Labute approximate surface area is 99.9 Å². The number of hydrogen-bond acceptors (Lipinski definition) is 6. The van der Waals surface area contributed by atoms with Gasteiger partial charge in [-0.05, 0) is 6.42 Å². The normalized spacial score (nSPS) is 10.2. The fourth-order valence-corrected chi connectivity index (χ4v) is 1.06. The Morgan fingerprint density at radius 1 is 1.18 bits per heavy atom. The van der Waals surface area contributed by atoms with Crippen LogP contribution in [0.25, 0.3) is 0 Å². The third-order valence-corrected chi connectivity index (χ3v) is 1.88. The summed E-state index contributed by atoms with van der Waals surface area (Å²) in [6.45, 7) is 2.19. The second kappa shape index (κ2) is 8.60. The summed E-state index contributed by atoms with van der Waals surface area (Å²) in [7, 11) is 1.66. The molecule has 0 fully saturated rings. The molecule has 0 saturated carbocycles. The minimum atomic E-state index is 0.246. The molecule has 0 aliphatic carbocycles. The Morgan fingerprint density at radius 3 is 2.59 bits per heavy atom. The smallest absolute Gasteiger partial charge is 0.316 e. The summed E-state index contributed by atoms with van der Waals surface area (Å²) in [4.78, 5) is 18.1. The van der Waals surface area contributed by atoms with Crippen LogP contribution in [0.4, 0.5) is 0 Å². The van der Waals surface area contributed by atoms with Crippen molar-refractivity contribution in [2.75, 3.05) is 33.5 Å². The molecule has 1 aromatic heterocycles. The zero-order valence-electron chi connectivity index (χ0n) is 9.80. The van der Waals surface area contributed by atoms with E-state index in [0.717, 1.165) is 6.42 Å². The molecule has 0 unspecified atom stereocenters. The van der Waals surface area contributed by atoms with E-state index in [-0.39, 0.29) is 6.01 Å². The van der Waals surface area contributed by atoms with E-state index in [2.05, 4.69) is 9.97 Å². The van der Waals surface area contributed by atoms with Crippen molar-refractivity contribution in [3.63, 3.8) is 0 Å². The van der Waals surface area contributed by atoms with Gasteiger partial charge >= 0.3 is 6.01 Å². The summed E-state index contributed by atoms with van der Waals surface area (Å²) >= 11 is 0. The van der Waals surface area contributed by atoms with Gasteiger partial charge in [0.05, 0.1) is 12.2 Å². The molecule has 0 bridgehead atoms. The van der Waals surface area contributed by atoms with Gasteiger partial charge < -0.3 is 14.2 Å². The lowest BCUT2D eigenvalue weighted by atomic mass is 10.4. The highest BCUT2D eigenvalue weighted by Crippen LogP contribution is 2.00. The van der Waals surface area contributed by atoms with Gasteiger partial charge in [-0.25, -0.2) is 9.97 Å². The van der Waals surface area contributed by atoms with E-state index < -0.39 is 0 Å². The van der Waals surface area contributed by atoms with Gasteiger partial charge in [0.15, 0.2) is 6.29 Å². The Bertz CT molecular complexity index is 316. The molecule has 1 rings (SSSR count). The molecule has 0 amide bonds. The molecule has 1 heterocycles. The number of nitrogens with zero attached hydrogens (tertiary/aromatic N) is 2. The number of ether oxygens (including phenoxy) is 3. The predicted octanol–water partition coefficient (Wildman–Crippen LogP) is 0.721.